The molecule has 0 fully saturated rings. The molecule has 1 atom stereocenters. The highest BCUT2D eigenvalue weighted by molar-refractivity contribution is 7.07. The van der Waals surface area contributed by atoms with Gasteiger partial charge in [0.15, 0.2) is 4.80 Å². The number of esters is 1. The molecule has 9 heteroatoms. The number of carbonyl (C=O) groups is 1. The highest BCUT2D eigenvalue weighted by atomic mass is 35.5. The van der Waals surface area contributed by atoms with Crippen molar-refractivity contribution in [3.63, 3.8) is 0 Å². The largest absolute Gasteiger partial charge is 0.497 e. The van der Waals surface area contributed by atoms with Crippen molar-refractivity contribution in [3.8, 4) is 17.1 Å². The van der Waals surface area contributed by atoms with Crippen LogP contribution in [0.15, 0.2) is 86.1 Å². The van der Waals surface area contributed by atoms with Gasteiger partial charge >= 0.3 is 5.97 Å². The van der Waals surface area contributed by atoms with E-state index in [-0.39, 0.29) is 12.2 Å². The maximum absolute atomic E-state index is 13.9. The minimum Gasteiger partial charge on any atom is -0.497 e. The van der Waals surface area contributed by atoms with Crippen molar-refractivity contribution in [1.29, 1.82) is 0 Å². The molecule has 0 aliphatic carbocycles. The second-order valence-electron chi connectivity index (χ2n) is 8.90. The van der Waals surface area contributed by atoms with Gasteiger partial charge in [0, 0.05) is 16.7 Å². The molecule has 2 aromatic carbocycles. The number of carbonyl (C=O) groups excluding carboxylic acids is 1. The maximum Gasteiger partial charge on any atom is 0.338 e. The first-order valence-electron chi connectivity index (χ1n) is 12.6. The van der Waals surface area contributed by atoms with Crippen molar-refractivity contribution in [2.45, 2.75) is 32.7 Å². The molecule has 2 aromatic heterocycles. The second kappa shape index (κ2) is 11.5. The number of ether oxygens (including phenoxy) is 2. The number of benzene rings is 2. The van der Waals surface area contributed by atoms with Crippen LogP contribution in [-0.4, -0.2) is 24.3 Å². The number of halogens is 1. The molecule has 0 N–H and O–H groups in total. The van der Waals surface area contributed by atoms with Gasteiger partial charge < -0.3 is 13.9 Å². The molecule has 5 rings (SSSR count). The fourth-order valence-electron chi connectivity index (χ4n) is 4.58. The Morgan fingerprint density at radius 1 is 1.15 bits per heavy atom. The minimum atomic E-state index is -0.708. The summed E-state index contributed by atoms with van der Waals surface area (Å²) < 4.78 is 18.9. The van der Waals surface area contributed by atoms with Gasteiger partial charge in [0.25, 0.3) is 5.56 Å². The molecule has 0 radical (unpaired) electrons. The van der Waals surface area contributed by atoms with Crippen LogP contribution in [0.25, 0.3) is 17.4 Å². The molecule has 0 spiro atoms. The average Bonchev–Trinajstić information content (AvgIpc) is 3.53. The predicted molar refractivity (Wildman–Crippen MR) is 152 cm³/mol. The molecule has 3 heterocycles. The number of thiazole rings is 1. The molecule has 39 heavy (non-hydrogen) atoms. The van der Waals surface area contributed by atoms with Crippen molar-refractivity contribution in [3.05, 3.63) is 108 Å². The highest BCUT2D eigenvalue weighted by Crippen LogP contribution is 2.34. The van der Waals surface area contributed by atoms with Gasteiger partial charge in [-0.1, -0.05) is 48.4 Å². The zero-order chi connectivity index (χ0) is 27.5. The van der Waals surface area contributed by atoms with E-state index in [1.807, 2.05) is 55.5 Å². The van der Waals surface area contributed by atoms with Crippen LogP contribution in [-0.2, 0) is 9.53 Å². The number of furan rings is 1. The molecular weight excluding hydrogens is 536 g/mol. The third-order valence-electron chi connectivity index (χ3n) is 6.33. The van der Waals surface area contributed by atoms with Crippen LogP contribution in [0.4, 0.5) is 0 Å². The standard InChI is InChI=1S/C30H27ClN2O5S/c1-4-7-23-26(29(35)37-5-2)27(19-8-6-9-21(16-19)36-3)33-28(34)25(39-30(33)32-23)17-22-14-15-24(38-22)18-10-12-20(31)13-11-18/h6,8-17,27H,4-5,7H2,1-3H3/b25-17-. The lowest BCUT2D eigenvalue weighted by Gasteiger charge is -2.26. The minimum absolute atomic E-state index is 0.214. The van der Waals surface area contributed by atoms with Gasteiger partial charge in [-0.2, -0.15) is 0 Å². The molecule has 1 aliphatic rings. The predicted octanol–water partition coefficient (Wildman–Crippen LogP) is 5.50. The third-order valence-corrected chi connectivity index (χ3v) is 7.57. The van der Waals surface area contributed by atoms with Gasteiger partial charge in [-0.25, -0.2) is 9.79 Å². The maximum atomic E-state index is 13.9. The van der Waals surface area contributed by atoms with E-state index in [0.717, 1.165) is 17.5 Å². The van der Waals surface area contributed by atoms with E-state index in [4.69, 9.17) is 30.5 Å². The molecule has 200 valence electrons. The molecule has 0 saturated carbocycles. The van der Waals surface area contributed by atoms with Crippen LogP contribution < -0.4 is 19.6 Å². The number of fused-ring (bicyclic) bond motifs is 1. The smallest absolute Gasteiger partial charge is 0.338 e. The number of hydrogen-bond acceptors (Lipinski definition) is 7. The van der Waals surface area contributed by atoms with E-state index in [1.165, 1.54) is 11.3 Å². The first-order chi connectivity index (χ1) is 18.9. The van der Waals surface area contributed by atoms with Crippen LogP contribution in [0.2, 0.25) is 5.02 Å². The van der Waals surface area contributed by atoms with E-state index in [0.29, 0.717) is 49.3 Å². The zero-order valence-corrected chi connectivity index (χ0v) is 23.3. The molecule has 0 bridgehead atoms. The van der Waals surface area contributed by atoms with Gasteiger partial charge in [0.1, 0.15) is 17.3 Å². The lowest BCUT2D eigenvalue weighted by Crippen LogP contribution is -2.40. The zero-order valence-electron chi connectivity index (χ0n) is 21.8. The topological polar surface area (TPSA) is 83.0 Å². The first kappa shape index (κ1) is 26.7. The van der Waals surface area contributed by atoms with Crippen molar-refractivity contribution < 1.29 is 18.7 Å². The van der Waals surface area contributed by atoms with Crippen molar-refractivity contribution in [2.75, 3.05) is 13.7 Å². The number of allylic oxidation sites excluding steroid dienone is 1. The fraction of sp³-hybridized carbons (Fsp3) is 0.233. The number of rotatable bonds is 8. The van der Waals surface area contributed by atoms with E-state index < -0.39 is 12.0 Å². The summed E-state index contributed by atoms with van der Waals surface area (Å²) in [5, 5.41) is 0.641. The van der Waals surface area contributed by atoms with E-state index in [9.17, 15) is 9.59 Å². The van der Waals surface area contributed by atoms with Gasteiger partial charge in [-0.15, -0.1) is 0 Å². The van der Waals surface area contributed by atoms with Gasteiger partial charge in [-0.3, -0.25) is 9.36 Å². The molecule has 0 saturated heterocycles. The molecule has 7 nitrogen and oxygen atoms in total. The number of aromatic nitrogens is 1. The molecule has 4 aromatic rings. The van der Waals surface area contributed by atoms with Gasteiger partial charge in [0.2, 0.25) is 0 Å². The van der Waals surface area contributed by atoms with Crippen LogP contribution in [0.1, 0.15) is 44.1 Å². The second-order valence-corrected chi connectivity index (χ2v) is 10.3. The Morgan fingerprint density at radius 2 is 1.95 bits per heavy atom. The lowest BCUT2D eigenvalue weighted by molar-refractivity contribution is -0.139. The number of hydrogen-bond donors (Lipinski definition) is 0. The molecule has 1 aliphatic heterocycles. The Bertz CT molecular complexity index is 1730. The summed E-state index contributed by atoms with van der Waals surface area (Å²) >= 11 is 7.27. The first-order valence-corrected chi connectivity index (χ1v) is 13.8. The Balaban J connectivity index is 1.67. The molecule has 1 unspecified atom stereocenters. The lowest BCUT2D eigenvalue weighted by atomic mass is 9.94. The van der Waals surface area contributed by atoms with E-state index in [1.54, 1.807) is 36.8 Å². The summed E-state index contributed by atoms with van der Waals surface area (Å²) in [6.45, 7) is 4.00. The number of methoxy groups -OCH3 is 1. The SMILES string of the molecule is CCCC1=C(C(=O)OCC)C(c2cccc(OC)c2)n2c(s/c(=C\c3ccc(-c4ccc(Cl)cc4)o3)c2=O)=N1. The van der Waals surface area contributed by atoms with Crippen LogP contribution >= 0.6 is 22.9 Å². The monoisotopic (exact) mass is 562 g/mol. The Hall–Kier alpha value is -3.88. The quantitative estimate of drug-likeness (QED) is 0.265. The van der Waals surface area contributed by atoms with Crippen LogP contribution in [0.3, 0.4) is 0 Å². The normalized spacial score (nSPS) is 15.2. The Morgan fingerprint density at radius 3 is 2.67 bits per heavy atom. The summed E-state index contributed by atoms with van der Waals surface area (Å²) in [6, 6.07) is 17.7. The molecule has 0 amide bonds. The van der Waals surface area contributed by atoms with Crippen LogP contribution in [0.5, 0.6) is 5.75 Å². The summed E-state index contributed by atoms with van der Waals surface area (Å²) in [7, 11) is 1.58. The number of nitrogens with zero attached hydrogens (tertiary/aromatic N) is 2. The average molecular weight is 563 g/mol. The van der Waals surface area contributed by atoms with Gasteiger partial charge in [-0.05, 0) is 67.4 Å². The summed E-state index contributed by atoms with van der Waals surface area (Å²) in [4.78, 5) is 32.5. The highest BCUT2D eigenvalue weighted by Gasteiger charge is 2.34. The Labute approximate surface area is 234 Å². The van der Waals surface area contributed by atoms with Crippen molar-refractivity contribution in [2.24, 2.45) is 4.99 Å². The molecular formula is C30H27ClN2O5S. The van der Waals surface area contributed by atoms with E-state index in [2.05, 4.69) is 0 Å². The summed E-state index contributed by atoms with van der Waals surface area (Å²) in [5.74, 6) is 1.33. The van der Waals surface area contributed by atoms with Crippen molar-refractivity contribution in [1.82, 2.24) is 4.57 Å². The Kier molecular flexibility index (Phi) is 7.86. The van der Waals surface area contributed by atoms with Crippen molar-refractivity contribution >= 4 is 35.0 Å². The van der Waals surface area contributed by atoms with Crippen LogP contribution in [0, 0.1) is 0 Å². The fourth-order valence-corrected chi connectivity index (χ4v) is 5.70. The summed E-state index contributed by atoms with van der Waals surface area (Å²) in [6.07, 6.45) is 3.06. The summed E-state index contributed by atoms with van der Waals surface area (Å²) in [5.41, 5.74) is 2.33. The van der Waals surface area contributed by atoms with E-state index >= 15 is 0 Å². The van der Waals surface area contributed by atoms with Gasteiger partial charge in [0.05, 0.1) is 35.6 Å². The third kappa shape index (κ3) is 5.35.